The summed E-state index contributed by atoms with van der Waals surface area (Å²) in [7, 11) is 1.34. The summed E-state index contributed by atoms with van der Waals surface area (Å²) in [4.78, 5) is 25.4. The van der Waals surface area contributed by atoms with E-state index in [2.05, 4.69) is 28.8 Å². The van der Waals surface area contributed by atoms with Crippen LogP contribution in [0.15, 0.2) is 30.3 Å². The van der Waals surface area contributed by atoms with Crippen LogP contribution in [0.5, 0.6) is 0 Å². The number of amides is 1. The van der Waals surface area contributed by atoms with E-state index >= 15 is 0 Å². The van der Waals surface area contributed by atoms with E-state index in [0.29, 0.717) is 19.7 Å². The van der Waals surface area contributed by atoms with Crippen LogP contribution >= 0.6 is 0 Å². The monoisotopic (exact) mass is 334 g/mol. The van der Waals surface area contributed by atoms with Crippen LogP contribution in [-0.4, -0.2) is 55.7 Å². The Morgan fingerprint density at radius 1 is 1.33 bits per heavy atom. The molecule has 1 N–H and O–H groups in total. The van der Waals surface area contributed by atoms with Crippen LogP contribution in [0.3, 0.4) is 0 Å². The fourth-order valence-corrected chi connectivity index (χ4v) is 2.68. The molecule has 0 aromatic heterocycles. The summed E-state index contributed by atoms with van der Waals surface area (Å²) in [6, 6.07) is 10.0. The maximum absolute atomic E-state index is 12.2. The van der Waals surface area contributed by atoms with Crippen molar-refractivity contribution in [1.82, 2.24) is 10.2 Å². The topological polar surface area (TPSA) is 67.9 Å². The third-order valence-electron chi connectivity index (χ3n) is 4.26. The number of rotatable bonds is 6. The minimum Gasteiger partial charge on any atom is -0.469 e. The van der Waals surface area contributed by atoms with Gasteiger partial charge in [0, 0.05) is 18.6 Å². The molecule has 0 saturated carbocycles. The molecule has 1 aromatic rings. The number of methoxy groups -OCH3 is 1. The molecule has 2 rings (SSSR count). The lowest BCUT2D eigenvalue weighted by Gasteiger charge is -2.45. The quantitative estimate of drug-likeness (QED) is 0.799. The lowest BCUT2D eigenvalue weighted by Crippen LogP contribution is -2.56. The van der Waals surface area contributed by atoms with Crippen molar-refractivity contribution >= 4 is 11.9 Å². The standard InChI is InChI=1S/C18H26N2O4/c1-18(2)13-24-15(14-7-5-4-6-8-14)11-20(18)12-16(21)19-10-9-17(22)23-3/h4-8,15H,9-13H2,1-3H3,(H,19,21)/t15-/m1/s1. The molecule has 1 atom stereocenters. The number of hydrogen-bond donors (Lipinski definition) is 1. The van der Waals surface area contributed by atoms with Gasteiger partial charge in [-0.25, -0.2) is 0 Å². The molecule has 1 aliphatic heterocycles. The van der Waals surface area contributed by atoms with Crippen LogP contribution in [0.1, 0.15) is 31.9 Å². The fourth-order valence-electron chi connectivity index (χ4n) is 2.68. The average molecular weight is 334 g/mol. The van der Waals surface area contributed by atoms with E-state index in [1.165, 1.54) is 7.11 Å². The molecule has 0 spiro atoms. The number of morpholine rings is 1. The Labute approximate surface area is 143 Å². The Bertz CT molecular complexity index is 559. The van der Waals surface area contributed by atoms with Crippen LogP contribution in [-0.2, 0) is 19.1 Å². The summed E-state index contributed by atoms with van der Waals surface area (Å²) < 4.78 is 10.5. The van der Waals surface area contributed by atoms with Crippen LogP contribution < -0.4 is 5.32 Å². The number of hydrogen-bond acceptors (Lipinski definition) is 5. The highest BCUT2D eigenvalue weighted by Crippen LogP contribution is 2.29. The number of carbonyl (C=O) groups is 2. The first-order chi connectivity index (χ1) is 11.4. The molecule has 24 heavy (non-hydrogen) atoms. The molecular weight excluding hydrogens is 308 g/mol. The first kappa shape index (κ1) is 18.4. The Morgan fingerprint density at radius 3 is 2.71 bits per heavy atom. The van der Waals surface area contributed by atoms with E-state index < -0.39 is 0 Å². The van der Waals surface area contributed by atoms with Crippen LogP contribution in [0.4, 0.5) is 0 Å². The molecule has 1 aromatic carbocycles. The Kier molecular flexibility index (Phi) is 6.34. The van der Waals surface area contributed by atoms with Gasteiger partial charge in [0.2, 0.25) is 5.91 Å². The van der Waals surface area contributed by atoms with Crippen molar-refractivity contribution in [3.63, 3.8) is 0 Å². The number of benzene rings is 1. The summed E-state index contributed by atoms with van der Waals surface area (Å²) in [5.74, 6) is -0.424. The number of nitrogens with zero attached hydrogens (tertiary/aromatic N) is 1. The molecule has 1 aliphatic rings. The first-order valence-corrected chi connectivity index (χ1v) is 8.17. The average Bonchev–Trinajstić information content (AvgIpc) is 2.57. The highest BCUT2D eigenvalue weighted by atomic mass is 16.5. The minimum atomic E-state index is -0.328. The van der Waals surface area contributed by atoms with Crippen molar-refractivity contribution < 1.29 is 19.1 Å². The number of ether oxygens (including phenoxy) is 2. The summed E-state index contributed by atoms with van der Waals surface area (Å²) in [5.41, 5.74) is 0.898. The van der Waals surface area contributed by atoms with Crippen LogP contribution in [0, 0.1) is 0 Å². The smallest absolute Gasteiger partial charge is 0.307 e. The lowest BCUT2D eigenvalue weighted by molar-refractivity contribution is -0.140. The molecular formula is C18H26N2O4. The molecule has 0 aliphatic carbocycles. The van der Waals surface area contributed by atoms with Crippen LogP contribution in [0.2, 0.25) is 0 Å². The molecule has 0 bridgehead atoms. The molecule has 1 amide bonds. The zero-order chi connectivity index (χ0) is 17.6. The second-order valence-corrected chi connectivity index (χ2v) is 6.58. The largest absolute Gasteiger partial charge is 0.469 e. The van der Waals surface area contributed by atoms with Gasteiger partial charge in [-0.2, -0.15) is 0 Å². The van der Waals surface area contributed by atoms with Crippen molar-refractivity contribution in [2.75, 3.05) is 33.4 Å². The minimum absolute atomic E-state index is 0.0397. The third-order valence-corrected chi connectivity index (χ3v) is 4.26. The SMILES string of the molecule is COC(=O)CCNC(=O)CN1C[C@H](c2ccccc2)OCC1(C)C. The van der Waals surface area contributed by atoms with Crippen molar-refractivity contribution in [2.24, 2.45) is 0 Å². The predicted octanol–water partition coefficient (Wildman–Crippen LogP) is 1.52. The van der Waals surface area contributed by atoms with E-state index in [-0.39, 0.29) is 36.5 Å². The molecule has 1 heterocycles. The van der Waals surface area contributed by atoms with Gasteiger partial charge in [-0.1, -0.05) is 30.3 Å². The molecule has 1 saturated heterocycles. The molecule has 6 heteroatoms. The van der Waals surface area contributed by atoms with E-state index in [9.17, 15) is 9.59 Å². The van der Waals surface area contributed by atoms with Crippen molar-refractivity contribution in [3.8, 4) is 0 Å². The van der Waals surface area contributed by atoms with Gasteiger partial charge in [0.25, 0.3) is 0 Å². The third kappa shape index (κ3) is 5.04. The normalized spacial score (nSPS) is 20.4. The van der Waals surface area contributed by atoms with E-state index in [0.717, 1.165) is 5.56 Å². The van der Waals surface area contributed by atoms with E-state index in [4.69, 9.17) is 4.74 Å². The molecule has 0 unspecified atom stereocenters. The number of esters is 1. The highest BCUT2D eigenvalue weighted by molar-refractivity contribution is 5.79. The summed E-state index contributed by atoms with van der Waals surface area (Å²) in [6.45, 7) is 5.91. The maximum Gasteiger partial charge on any atom is 0.307 e. The van der Waals surface area contributed by atoms with Gasteiger partial charge >= 0.3 is 5.97 Å². The van der Waals surface area contributed by atoms with Gasteiger partial charge in [-0.3, -0.25) is 14.5 Å². The molecule has 132 valence electrons. The Morgan fingerprint density at radius 2 is 2.04 bits per heavy atom. The van der Waals surface area contributed by atoms with Crippen molar-refractivity contribution in [3.05, 3.63) is 35.9 Å². The zero-order valence-electron chi connectivity index (χ0n) is 14.6. The van der Waals surface area contributed by atoms with E-state index in [1.54, 1.807) is 0 Å². The number of nitrogens with one attached hydrogen (secondary N) is 1. The van der Waals surface area contributed by atoms with Gasteiger partial charge in [0.15, 0.2) is 0 Å². The summed E-state index contributed by atoms with van der Waals surface area (Å²) in [6.07, 6.45) is 0.142. The number of carbonyl (C=O) groups excluding carboxylic acids is 2. The summed E-state index contributed by atoms with van der Waals surface area (Å²) in [5, 5.41) is 2.77. The highest BCUT2D eigenvalue weighted by Gasteiger charge is 2.36. The molecule has 6 nitrogen and oxygen atoms in total. The van der Waals surface area contributed by atoms with Gasteiger partial charge in [0.1, 0.15) is 0 Å². The van der Waals surface area contributed by atoms with E-state index in [1.807, 2.05) is 30.3 Å². The fraction of sp³-hybridized carbons (Fsp3) is 0.556. The van der Waals surface area contributed by atoms with Crippen LogP contribution in [0.25, 0.3) is 0 Å². The predicted molar refractivity (Wildman–Crippen MR) is 90.4 cm³/mol. The Hall–Kier alpha value is -1.92. The molecule has 1 fully saturated rings. The second kappa shape index (κ2) is 8.26. The molecule has 0 radical (unpaired) electrons. The van der Waals surface area contributed by atoms with Gasteiger partial charge in [-0.15, -0.1) is 0 Å². The van der Waals surface area contributed by atoms with Crippen molar-refractivity contribution in [1.29, 1.82) is 0 Å². The Balaban J connectivity index is 1.91. The summed E-state index contributed by atoms with van der Waals surface area (Å²) >= 11 is 0. The zero-order valence-corrected chi connectivity index (χ0v) is 14.6. The first-order valence-electron chi connectivity index (χ1n) is 8.17. The van der Waals surface area contributed by atoms with Crippen molar-refractivity contribution in [2.45, 2.75) is 31.9 Å². The maximum atomic E-state index is 12.2. The van der Waals surface area contributed by atoms with Gasteiger partial charge in [-0.05, 0) is 19.4 Å². The second-order valence-electron chi connectivity index (χ2n) is 6.58. The van der Waals surface area contributed by atoms with Gasteiger partial charge in [0.05, 0.1) is 32.8 Å². The van der Waals surface area contributed by atoms with Gasteiger partial charge < -0.3 is 14.8 Å². The lowest BCUT2D eigenvalue weighted by atomic mass is 9.98.